The first-order chi connectivity index (χ1) is 12.0. The lowest BCUT2D eigenvalue weighted by atomic mass is 10.2. The second-order valence-corrected chi connectivity index (χ2v) is 6.05. The Hall–Kier alpha value is -2.81. The van der Waals surface area contributed by atoms with Crippen LogP contribution in [-0.2, 0) is 20.1 Å². The Labute approximate surface area is 148 Å². The van der Waals surface area contributed by atoms with Crippen LogP contribution in [0.5, 0.6) is 0 Å². The number of primary amides is 1. The average molecular weight is 363 g/mol. The molecule has 0 saturated carbocycles. The number of amides is 2. The Balaban J connectivity index is 1.93. The number of carbonyl (C=O) groups is 3. The average Bonchev–Trinajstić information content (AvgIpc) is 3.01. The molecule has 1 aromatic heterocycles. The summed E-state index contributed by atoms with van der Waals surface area (Å²) >= 11 is 1.41. The summed E-state index contributed by atoms with van der Waals surface area (Å²) in [5.74, 6) is -0.667. The molecule has 0 spiro atoms. The first-order valence-electron chi connectivity index (χ1n) is 7.32. The van der Waals surface area contributed by atoms with E-state index in [0.29, 0.717) is 22.0 Å². The molecule has 25 heavy (non-hydrogen) atoms. The zero-order valence-electron chi connectivity index (χ0n) is 13.5. The molecule has 0 bridgehead atoms. The minimum Gasteiger partial charge on any atom is -0.452 e. The number of esters is 1. The van der Waals surface area contributed by atoms with Gasteiger partial charge in [-0.2, -0.15) is 0 Å². The minimum absolute atomic E-state index is 0.306. The smallest absolute Gasteiger partial charge is 0.339 e. The van der Waals surface area contributed by atoms with Crippen LogP contribution in [0.4, 0.5) is 0 Å². The van der Waals surface area contributed by atoms with E-state index in [0.717, 1.165) is 5.69 Å². The number of nitrogens with two attached hydrogens (primary N) is 1. The molecular weight excluding hydrogens is 346 g/mol. The summed E-state index contributed by atoms with van der Waals surface area (Å²) in [6.07, 6.45) is 0. The van der Waals surface area contributed by atoms with Gasteiger partial charge in [0.05, 0.1) is 17.8 Å². The van der Waals surface area contributed by atoms with Crippen molar-refractivity contribution in [2.45, 2.75) is 17.6 Å². The second-order valence-electron chi connectivity index (χ2n) is 5.03. The fraction of sp³-hybridized carbons (Fsp3) is 0.250. The van der Waals surface area contributed by atoms with Crippen molar-refractivity contribution < 1.29 is 23.6 Å². The van der Waals surface area contributed by atoms with Crippen LogP contribution in [0.15, 0.2) is 39.8 Å². The quantitative estimate of drug-likeness (QED) is 0.530. The van der Waals surface area contributed by atoms with E-state index in [1.807, 2.05) is 6.07 Å². The van der Waals surface area contributed by atoms with Gasteiger partial charge in [-0.05, 0) is 19.1 Å². The van der Waals surface area contributed by atoms with E-state index in [9.17, 15) is 14.4 Å². The van der Waals surface area contributed by atoms with Gasteiger partial charge >= 0.3 is 5.97 Å². The first kappa shape index (κ1) is 18.5. The third-order valence-corrected chi connectivity index (χ3v) is 4.06. The molecule has 0 aliphatic rings. The molecule has 0 aliphatic heterocycles. The standard InChI is InChI=1S/C16H17N3O5S/c1-10-6-11(19-24-10)9-25-13-5-3-2-4-12(13)16(22)23-8-15(21)18-7-14(17)20/h2-6H,7-9H2,1H3,(H2,17,20)(H,18,21). The zero-order chi connectivity index (χ0) is 18.2. The Morgan fingerprint density at radius 3 is 2.76 bits per heavy atom. The molecule has 0 radical (unpaired) electrons. The highest BCUT2D eigenvalue weighted by atomic mass is 32.2. The van der Waals surface area contributed by atoms with Crippen molar-refractivity contribution in [3.8, 4) is 0 Å². The summed E-state index contributed by atoms with van der Waals surface area (Å²) in [7, 11) is 0. The van der Waals surface area contributed by atoms with E-state index in [2.05, 4.69) is 10.5 Å². The predicted molar refractivity (Wildman–Crippen MR) is 89.7 cm³/mol. The Morgan fingerprint density at radius 1 is 1.32 bits per heavy atom. The number of rotatable bonds is 8. The fourth-order valence-electron chi connectivity index (χ4n) is 1.84. The van der Waals surface area contributed by atoms with Gasteiger partial charge in [-0.15, -0.1) is 11.8 Å². The fourth-order valence-corrected chi connectivity index (χ4v) is 2.77. The first-order valence-corrected chi connectivity index (χ1v) is 8.30. The van der Waals surface area contributed by atoms with Gasteiger partial charge in [-0.3, -0.25) is 9.59 Å². The molecule has 0 aliphatic carbocycles. The highest BCUT2D eigenvalue weighted by molar-refractivity contribution is 7.98. The summed E-state index contributed by atoms with van der Waals surface area (Å²) < 4.78 is 9.97. The maximum Gasteiger partial charge on any atom is 0.339 e. The summed E-state index contributed by atoms with van der Waals surface area (Å²) in [4.78, 5) is 34.9. The number of hydrogen-bond donors (Lipinski definition) is 2. The van der Waals surface area contributed by atoms with Gasteiger partial charge < -0.3 is 20.3 Å². The van der Waals surface area contributed by atoms with Crippen molar-refractivity contribution in [3.63, 3.8) is 0 Å². The Morgan fingerprint density at radius 2 is 2.08 bits per heavy atom. The molecule has 3 N–H and O–H groups in total. The second kappa shape index (κ2) is 8.88. The highest BCUT2D eigenvalue weighted by Gasteiger charge is 2.15. The van der Waals surface area contributed by atoms with E-state index in [-0.39, 0.29) is 6.54 Å². The lowest BCUT2D eigenvalue weighted by Gasteiger charge is -2.09. The number of thioether (sulfide) groups is 1. The van der Waals surface area contributed by atoms with Gasteiger partial charge in [0.1, 0.15) is 5.76 Å². The molecule has 2 amide bonds. The normalized spacial score (nSPS) is 10.3. The highest BCUT2D eigenvalue weighted by Crippen LogP contribution is 2.26. The topological polar surface area (TPSA) is 125 Å². The number of nitrogens with one attached hydrogen (secondary N) is 1. The van der Waals surface area contributed by atoms with Gasteiger partial charge in [-0.1, -0.05) is 17.3 Å². The van der Waals surface area contributed by atoms with Crippen LogP contribution in [0.25, 0.3) is 0 Å². The van der Waals surface area contributed by atoms with Crippen molar-refractivity contribution >= 4 is 29.5 Å². The van der Waals surface area contributed by atoms with Crippen molar-refractivity contribution in [1.29, 1.82) is 0 Å². The molecule has 2 rings (SSSR count). The minimum atomic E-state index is -0.676. The molecule has 0 unspecified atom stereocenters. The Bertz CT molecular complexity index is 775. The number of ether oxygens (including phenoxy) is 1. The zero-order valence-corrected chi connectivity index (χ0v) is 14.3. The summed E-state index contributed by atoms with van der Waals surface area (Å²) in [5.41, 5.74) is 6.02. The molecule has 0 saturated heterocycles. The third-order valence-electron chi connectivity index (χ3n) is 2.95. The Kier molecular flexibility index (Phi) is 6.58. The van der Waals surface area contributed by atoms with E-state index < -0.39 is 24.4 Å². The maximum absolute atomic E-state index is 12.2. The van der Waals surface area contributed by atoms with E-state index >= 15 is 0 Å². The van der Waals surface area contributed by atoms with Crippen molar-refractivity contribution in [1.82, 2.24) is 10.5 Å². The summed E-state index contributed by atoms with van der Waals surface area (Å²) in [6, 6.07) is 8.71. The van der Waals surface area contributed by atoms with Crippen LogP contribution in [-0.4, -0.2) is 36.1 Å². The van der Waals surface area contributed by atoms with Gasteiger partial charge in [0, 0.05) is 16.7 Å². The molecule has 8 nitrogen and oxygen atoms in total. The number of benzene rings is 1. The largest absolute Gasteiger partial charge is 0.452 e. The van der Waals surface area contributed by atoms with E-state index in [4.69, 9.17) is 15.0 Å². The predicted octanol–water partition coefficient (Wildman–Crippen LogP) is 1.03. The number of aromatic nitrogens is 1. The van der Waals surface area contributed by atoms with Crippen molar-refractivity contribution in [2.24, 2.45) is 5.73 Å². The van der Waals surface area contributed by atoms with Crippen LogP contribution >= 0.6 is 11.8 Å². The van der Waals surface area contributed by atoms with Crippen molar-refractivity contribution in [2.75, 3.05) is 13.2 Å². The molecular formula is C16H17N3O5S. The van der Waals surface area contributed by atoms with Crippen LogP contribution in [0.3, 0.4) is 0 Å². The number of carbonyl (C=O) groups excluding carboxylic acids is 3. The van der Waals surface area contributed by atoms with Crippen LogP contribution in [0.1, 0.15) is 21.8 Å². The summed E-state index contributed by atoms with van der Waals surface area (Å²) in [5, 5.41) is 6.13. The van der Waals surface area contributed by atoms with Crippen LogP contribution < -0.4 is 11.1 Å². The molecule has 0 atom stereocenters. The SMILES string of the molecule is Cc1cc(CSc2ccccc2C(=O)OCC(=O)NCC(N)=O)no1. The molecule has 9 heteroatoms. The molecule has 132 valence electrons. The third kappa shape index (κ3) is 5.96. The molecule has 1 heterocycles. The van der Waals surface area contributed by atoms with E-state index in [1.165, 1.54) is 11.8 Å². The molecule has 0 fully saturated rings. The van der Waals surface area contributed by atoms with E-state index in [1.54, 1.807) is 31.2 Å². The summed E-state index contributed by atoms with van der Waals surface area (Å²) in [6.45, 7) is 1.00. The van der Waals surface area contributed by atoms with Gasteiger partial charge in [0.25, 0.3) is 5.91 Å². The van der Waals surface area contributed by atoms with Gasteiger partial charge in [0.15, 0.2) is 6.61 Å². The number of nitrogens with zero attached hydrogens (tertiary/aromatic N) is 1. The monoisotopic (exact) mass is 363 g/mol. The van der Waals surface area contributed by atoms with Crippen LogP contribution in [0, 0.1) is 6.92 Å². The van der Waals surface area contributed by atoms with Crippen molar-refractivity contribution in [3.05, 3.63) is 47.3 Å². The van der Waals surface area contributed by atoms with Gasteiger partial charge in [0.2, 0.25) is 5.91 Å². The molecule has 2 aromatic rings. The van der Waals surface area contributed by atoms with Crippen LogP contribution in [0.2, 0.25) is 0 Å². The van der Waals surface area contributed by atoms with Gasteiger partial charge in [-0.25, -0.2) is 4.79 Å². The lowest BCUT2D eigenvalue weighted by molar-refractivity contribution is -0.127. The number of aryl methyl sites for hydroxylation is 1. The lowest BCUT2D eigenvalue weighted by Crippen LogP contribution is -2.36. The number of hydrogen-bond acceptors (Lipinski definition) is 7. The molecule has 1 aromatic carbocycles. The maximum atomic E-state index is 12.2.